The maximum atomic E-state index is 11.7. The Morgan fingerprint density at radius 1 is 1.08 bits per heavy atom. The fraction of sp³-hybridized carbons (Fsp3) is 0.235. The van der Waals surface area contributed by atoms with Crippen LogP contribution in [0.15, 0.2) is 42.6 Å². The van der Waals surface area contributed by atoms with Crippen molar-refractivity contribution in [2.24, 2.45) is 0 Å². The summed E-state index contributed by atoms with van der Waals surface area (Å²) >= 11 is 0. The fourth-order valence-corrected chi connectivity index (χ4v) is 3.20. The second kappa shape index (κ2) is 5.97. The van der Waals surface area contributed by atoms with Gasteiger partial charge in [0.15, 0.2) is 5.65 Å². The van der Waals surface area contributed by atoms with Crippen LogP contribution in [0.1, 0.15) is 10.4 Å². The summed E-state index contributed by atoms with van der Waals surface area (Å²) in [7, 11) is 0. The average Bonchev–Trinajstić information content (AvgIpc) is 3.00. The fourth-order valence-electron chi connectivity index (χ4n) is 3.20. The Balaban J connectivity index is 1.62. The monoisotopic (exact) mass is 338 g/mol. The number of nitrogen functional groups attached to an aromatic ring is 1. The molecule has 1 aromatic carbocycles. The molecule has 0 spiro atoms. The van der Waals surface area contributed by atoms with Gasteiger partial charge in [-0.3, -0.25) is 0 Å². The molecule has 0 unspecified atom stereocenters. The first-order valence-corrected chi connectivity index (χ1v) is 8.06. The van der Waals surface area contributed by atoms with Crippen LogP contribution in [-0.2, 0) is 0 Å². The second-order valence-electron chi connectivity index (χ2n) is 5.96. The Hall–Kier alpha value is -3.29. The number of carboxylic acids is 1. The first-order valence-electron chi connectivity index (χ1n) is 8.06. The number of pyridine rings is 1. The van der Waals surface area contributed by atoms with Crippen LogP contribution in [0.2, 0.25) is 0 Å². The van der Waals surface area contributed by atoms with E-state index < -0.39 is 5.97 Å². The average molecular weight is 338 g/mol. The van der Waals surface area contributed by atoms with Crippen LogP contribution in [0.25, 0.3) is 5.65 Å². The molecule has 2 aromatic heterocycles. The maximum Gasteiger partial charge on any atom is 0.338 e. The zero-order chi connectivity index (χ0) is 17.4. The molecule has 0 aliphatic carbocycles. The Morgan fingerprint density at radius 2 is 1.76 bits per heavy atom. The molecule has 0 radical (unpaired) electrons. The summed E-state index contributed by atoms with van der Waals surface area (Å²) in [5, 5.41) is 13.7. The van der Waals surface area contributed by atoms with Gasteiger partial charge in [-0.2, -0.15) is 4.98 Å². The Labute approximate surface area is 144 Å². The van der Waals surface area contributed by atoms with Crippen molar-refractivity contribution < 1.29 is 9.90 Å². The number of hydrogen-bond acceptors (Lipinski definition) is 6. The van der Waals surface area contributed by atoms with Crippen LogP contribution >= 0.6 is 0 Å². The number of carbonyl (C=O) groups is 1. The van der Waals surface area contributed by atoms with Gasteiger partial charge in [0.25, 0.3) is 0 Å². The molecule has 4 rings (SSSR count). The van der Waals surface area contributed by atoms with Crippen LogP contribution in [-0.4, -0.2) is 51.9 Å². The highest BCUT2D eigenvalue weighted by Gasteiger charge is 2.23. The number of nitrogens with two attached hydrogens (primary N) is 1. The van der Waals surface area contributed by atoms with E-state index in [9.17, 15) is 9.90 Å². The van der Waals surface area contributed by atoms with Gasteiger partial charge in [-0.05, 0) is 18.2 Å². The minimum absolute atomic E-state index is 0.127. The van der Waals surface area contributed by atoms with Crippen molar-refractivity contribution in [1.29, 1.82) is 0 Å². The molecule has 3 N–H and O–H groups in total. The molecule has 0 saturated carbocycles. The summed E-state index contributed by atoms with van der Waals surface area (Å²) < 4.78 is 1.53. The number of carboxylic acid groups (broad SMARTS) is 1. The number of benzene rings is 1. The molecule has 3 heterocycles. The lowest BCUT2D eigenvalue weighted by Gasteiger charge is -2.37. The van der Waals surface area contributed by atoms with Gasteiger partial charge in [0.1, 0.15) is 0 Å². The minimum Gasteiger partial charge on any atom is -0.478 e. The smallest absolute Gasteiger partial charge is 0.338 e. The van der Waals surface area contributed by atoms with E-state index in [0.29, 0.717) is 11.3 Å². The van der Waals surface area contributed by atoms with Gasteiger partial charge in [0.05, 0.1) is 17.4 Å². The van der Waals surface area contributed by atoms with E-state index >= 15 is 0 Å². The topological polar surface area (TPSA) is 100.0 Å². The van der Waals surface area contributed by atoms with E-state index in [1.165, 1.54) is 16.3 Å². The second-order valence-corrected chi connectivity index (χ2v) is 5.96. The highest BCUT2D eigenvalue weighted by atomic mass is 16.4. The lowest BCUT2D eigenvalue weighted by atomic mass is 10.1. The number of anilines is 3. The Kier molecular flexibility index (Phi) is 3.64. The number of rotatable bonds is 3. The first-order chi connectivity index (χ1) is 12.1. The molecule has 8 nitrogen and oxygen atoms in total. The van der Waals surface area contributed by atoms with Crippen molar-refractivity contribution in [2.45, 2.75) is 0 Å². The number of aromatic nitrogens is 3. The van der Waals surface area contributed by atoms with Crippen molar-refractivity contribution in [3.8, 4) is 0 Å². The molecule has 1 aliphatic rings. The number of fused-ring (bicyclic) bond motifs is 1. The SMILES string of the molecule is Nc1nc2cc(C(=O)O)c(N3CCN(c4ccccc4)CC3)cn2n1. The van der Waals surface area contributed by atoms with Gasteiger partial charge in [-0.1, -0.05) is 18.2 Å². The number of hydrogen-bond donors (Lipinski definition) is 2. The normalized spacial score (nSPS) is 14.9. The van der Waals surface area contributed by atoms with Crippen molar-refractivity contribution in [2.75, 3.05) is 41.7 Å². The third kappa shape index (κ3) is 2.82. The number of aromatic carboxylic acids is 1. The third-order valence-electron chi connectivity index (χ3n) is 4.44. The van der Waals surface area contributed by atoms with Gasteiger partial charge >= 0.3 is 5.97 Å². The van der Waals surface area contributed by atoms with Crippen molar-refractivity contribution in [3.05, 3.63) is 48.2 Å². The quantitative estimate of drug-likeness (QED) is 0.743. The number of piperazine rings is 1. The molecule has 0 atom stereocenters. The summed E-state index contributed by atoms with van der Waals surface area (Å²) in [6, 6.07) is 11.7. The highest BCUT2D eigenvalue weighted by molar-refractivity contribution is 5.95. The number of nitrogens with zero attached hydrogens (tertiary/aromatic N) is 5. The lowest BCUT2D eigenvalue weighted by molar-refractivity contribution is 0.0697. The van der Waals surface area contributed by atoms with Crippen LogP contribution in [0, 0.1) is 0 Å². The van der Waals surface area contributed by atoms with Crippen molar-refractivity contribution in [1.82, 2.24) is 14.6 Å². The van der Waals surface area contributed by atoms with Gasteiger partial charge in [0, 0.05) is 31.9 Å². The molecule has 3 aromatic rings. The standard InChI is InChI=1S/C17H18N6O2/c18-17-19-15-10-13(16(24)25)14(11-23(15)20-17)22-8-6-21(7-9-22)12-4-2-1-3-5-12/h1-5,10-11H,6-9H2,(H2,18,20)(H,24,25). The van der Waals surface area contributed by atoms with Crippen molar-refractivity contribution >= 4 is 28.9 Å². The predicted octanol–water partition coefficient (Wildman–Crippen LogP) is 1.34. The largest absolute Gasteiger partial charge is 0.478 e. The predicted molar refractivity (Wildman–Crippen MR) is 95.2 cm³/mol. The summed E-state index contributed by atoms with van der Waals surface area (Å²) in [6.07, 6.45) is 1.69. The first kappa shape index (κ1) is 15.3. The van der Waals surface area contributed by atoms with Gasteiger partial charge in [0.2, 0.25) is 5.95 Å². The lowest BCUT2D eigenvalue weighted by Crippen LogP contribution is -2.47. The summed E-state index contributed by atoms with van der Waals surface area (Å²) in [5.41, 5.74) is 8.08. The van der Waals surface area contributed by atoms with Crippen molar-refractivity contribution in [3.63, 3.8) is 0 Å². The number of para-hydroxylation sites is 1. The molecule has 128 valence electrons. The van der Waals surface area contributed by atoms with E-state index in [1.807, 2.05) is 18.2 Å². The third-order valence-corrected chi connectivity index (χ3v) is 4.44. The molecular formula is C17H18N6O2. The Bertz CT molecular complexity index is 916. The summed E-state index contributed by atoms with van der Waals surface area (Å²) in [5.74, 6) is -0.855. The maximum absolute atomic E-state index is 11.7. The molecule has 25 heavy (non-hydrogen) atoms. The molecule has 8 heteroatoms. The van der Waals surface area contributed by atoms with Gasteiger partial charge < -0.3 is 20.6 Å². The molecule has 0 amide bonds. The van der Waals surface area contributed by atoms with E-state index in [1.54, 1.807) is 6.20 Å². The van der Waals surface area contributed by atoms with Gasteiger partial charge in [-0.25, -0.2) is 9.31 Å². The molecule has 1 saturated heterocycles. The zero-order valence-corrected chi connectivity index (χ0v) is 13.5. The Morgan fingerprint density at radius 3 is 2.44 bits per heavy atom. The highest BCUT2D eigenvalue weighted by Crippen LogP contribution is 2.25. The zero-order valence-electron chi connectivity index (χ0n) is 13.5. The van der Waals surface area contributed by atoms with E-state index in [-0.39, 0.29) is 11.5 Å². The summed E-state index contributed by atoms with van der Waals surface area (Å²) in [6.45, 7) is 3.09. The van der Waals surface area contributed by atoms with Crippen LogP contribution < -0.4 is 15.5 Å². The van der Waals surface area contributed by atoms with Crippen LogP contribution in [0.4, 0.5) is 17.3 Å². The van der Waals surface area contributed by atoms with E-state index in [4.69, 9.17) is 5.73 Å². The van der Waals surface area contributed by atoms with Crippen LogP contribution in [0.3, 0.4) is 0 Å². The van der Waals surface area contributed by atoms with E-state index in [0.717, 1.165) is 26.2 Å². The van der Waals surface area contributed by atoms with E-state index in [2.05, 4.69) is 32.0 Å². The molecule has 0 bridgehead atoms. The molecule has 1 aliphatic heterocycles. The molecular weight excluding hydrogens is 320 g/mol. The van der Waals surface area contributed by atoms with Gasteiger partial charge in [-0.15, -0.1) is 5.10 Å². The van der Waals surface area contributed by atoms with Crippen LogP contribution in [0.5, 0.6) is 0 Å². The summed E-state index contributed by atoms with van der Waals surface area (Å²) in [4.78, 5) is 20.1. The molecule has 1 fully saturated rings. The minimum atomic E-state index is -0.982.